The summed E-state index contributed by atoms with van der Waals surface area (Å²) in [5.41, 5.74) is -0.449. The molecular weight excluding hydrogens is 304 g/mol. The third-order valence-electron chi connectivity index (χ3n) is 4.17. The topological polar surface area (TPSA) is 75.7 Å². The van der Waals surface area contributed by atoms with E-state index in [2.05, 4.69) is 5.32 Å². The first-order chi connectivity index (χ1) is 10.6. The second kappa shape index (κ2) is 6.18. The summed E-state index contributed by atoms with van der Waals surface area (Å²) in [6.07, 6.45) is 1.80. The Morgan fingerprint density at radius 1 is 1.27 bits per heavy atom. The summed E-state index contributed by atoms with van der Waals surface area (Å²) in [5, 5.41) is 5.03. The Morgan fingerprint density at radius 3 is 2.55 bits per heavy atom. The average molecular weight is 322 g/mol. The van der Waals surface area contributed by atoms with Crippen molar-refractivity contribution in [1.82, 2.24) is 10.2 Å². The lowest BCUT2D eigenvalue weighted by Gasteiger charge is -2.37. The number of carbonyl (C=O) groups is 3. The maximum atomic E-state index is 12.4. The van der Waals surface area contributed by atoms with Crippen LogP contribution in [0.5, 0.6) is 0 Å². The minimum Gasteiger partial charge on any atom is -0.381 e. The zero-order valence-corrected chi connectivity index (χ0v) is 13.0. The van der Waals surface area contributed by atoms with Crippen LogP contribution in [0.1, 0.15) is 30.6 Å². The van der Waals surface area contributed by atoms with Crippen molar-refractivity contribution in [3.8, 4) is 0 Å². The van der Waals surface area contributed by atoms with E-state index in [0.717, 1.165) is 9.78 Å². The average Bonchev–Trinajstić information content (AvgIpc) is 3.14. The molecule has 118 valence electrons. The van der Waals surface area contributed by atoms with Gasteiger partial charge in [-0.1, -0.05) is 6.07 Å². The van der Waals surface area contributed by atoms with Crippen LogP contribution in [-0.4, -0.2) is 42.4 Å². The van der Waals surface area contributed by atoms with Crippen molar-refractivity contribution in [3.63, 3.8) is 0 Å². The van der Waals surface area contributed by atoms with E-state index >= 15 is 0 Å². The molecule has 2 aliphatic heterocycles. The number of nitrogens with zero attached hydrogens (tertiary/aromatic N) is 1. The van der Waals surface area contributed by atoms with Gasteiger partial charge in [0.15, 0.2) is 0 Å². The number of hydrogen-bond donors (Lipinski definition) is 1. The van der Waals surface area contributed by atoms with Gasteiger partial charge in [0.05, 0.1) is 5.54 Å². The molecule has 0 unspecified atom stereocenters. The molecule has 3 heterocycles. The van der Waals surface area contributed by atoms with E-state index in [4.69, 9.17) is 4.74 Å². The lowest BCUT2D eigenvalue weighted by molar-refractivity contribution is -0.143. The molecular formula is C15H18N2O4S. The van der Waals surface area contributed by atoms with Crippen molar-refractivity contribution in [1.29, 1.82) is 0 Å². The molecule has 1 N–H and O–H groups in total. The van der Waals surface area contributed by atoms with E-state index in [0.29, 0.717) is 26.1 Å². The van der Waals surface area contributed by atoms with Crippen LogP contribution in [0.3, 0.4) is 0 Å². The molecule has 6 nitrogen and oxygen atoms in total. The number of nitrogens with one attached hydrogen (secondary N) is 1. The summed E-state index contributed by atoms with van der Waals surface area (Å²) in [7, 11) is 0. The maximum Gasteiger partial charge on any atom is 0.240 e. The number of hydrogen-bond acceptors (Lipinski definition) is 5. The predicted molar refractivity (Wildman–Crippen MR) is 80.1 cm³/mol. The highest BCUT2D eigenvalue weighted by Gasteiger charge is 2.38. The number of imide groups is 1. The summed E-state index contributed by atoms with van der Waals surface area (Å²) >= 11 is 1.60. The zero-order valence-electron chi connectivity index (χ0n) is 12.2. The quantitative estimate of drug-likeness (QED) is 0.840. The molecule has 22 heavy (non-hydrogen) atoms. The molecule has 0 saturated carbocycles. The second-order valence-corrected chi connectivity index (χ2v) is 6.54. The first-order valence-electron chi connectivity index (χ1n) is 7.37. The van der Waals surface area contributed by atoms with Crippen LogP contribution >= 0.6 is 11.3 Å². The Hall–Kier alpha value is -1.73. The normalized spacial score (nSPS) is 21.2. The van der Waals surface area contributed by atoms with Gasteiger partial charge in [0, 0.05) is 30.9 Å². The minimum absolute atomic E-state index is 0.189. The second-order valence-electron chi connectivity index (χ2n) is 5.59. The van der Waals surface area contributed by atoms with E-state index in [1.165, 1.54) is 0 Å². The zero-order chi connectivity index (χ0) is 15.6. The Balaban J connectivity index is 1.72. The molecule has 1 aromatic heterocycles. The Bertz CT molecular complexity index is 562. The van der Waals surface area contributed by atoms with E-state index in [1.807, 2.05) is 17.5 Å². The molecule has 2 fully saturated rings. The van der Waals surface area contributed by atoms with Gasteiger partial charge in [-0.25, -0.2) is 0 Å². The number of amides is 3. The fraction of sp³-hybridized carbons (Fsp3) is 0.533. The van der Waals surface area contributed by atoms with Crippen LogP contribution < -0.4 is 5.32 Å². The van der Waals surface area contributed by atoms with Gasteiger partial charge < -0.3 is 10.1 Å². The monoisotopic (exact) mass is 322 g/mol. The highest BCUT2D eigenvalue weighted by Crippen LogP contribution is 2.35. The van der Waals surface area contributed by atoms with Crippen molar-refractivity contribution >= 4 is 29.1 Å². The third kappa shape index (κ3) is 2.91. The van der Waals surface area contributed by atoms with Gasteiger partial charge in [-0.15, -0.1) is 11.3 Å². The van der Waals surface area contributed by atoms with Crippen LogP contribution in [0.25, 0.3) is 0 Å². The fourth-order valence-corrected chi connectivity index (χ4v) is 3.89. The smallest absolute Gasteiger partial charge is 0.240 e. The summed E-state index contributed by atoms with van der Waals surface area (Å²) in [4.78, 5) is 37.8. The third-order valence-corrected chi connectivity index (χ3v) is 5.25. The lowest BCUT2D eigenvalue weighted by atomic mass is 9.88. The Morgan fingerprint density at radius 2 is 1.95 bits per heavy atom. The molecule has 3 rings (SSSR count). The minimum atomic E-state index is -0.449. The molecule has 3 amide bonds. The van der Waals surface area contributed by atoms with Crippen molar-refractivity contribution in [3.05, 3.63) is 22.4 Å². The summed E-state index contributed by atoms with van der Waals surface area (Å²) in [5.74, 6) is -0.825. The van der Waals surface area contributed by atoms with Crippen LogP contribution in [-0.2, 0) is 24.7 Å². The van der Waals surface area contributed by atoms with Gasteiger partial charge in [-0.05, 0) is 24.3 Å². The number of likely N-dealkylation sites (tertiary alicyclic amines) is 1. The lowest BCUT2D eigenvalue weighted by Crippen LogP contribution is -2.52. The van der Waals surface area contributed by atoms with Crippen LogP contribution in [0.15, 0.2) is 17.5 Å². The molecule has 0 radical (unpaired) electrons. The summed E-state index contributed by atoms with van der Waals surface area (Å²) in [6.45, 7) is 0.977. The molecule has 1 aromatic rings. The van der Waals surface area contributed by atoms with E-state index < -0.39 is 5.54 Å². The largest absolute Gasteiger partial charge is 0.381 e. The van der Waals surface area contributed by atoms with Crippen LogP contribution in [0.4, 0.5) is 0 Å². The summed E-state index contributed by atoms with van der Waals surface area (Å²) in [6, 6.07) is 3.96. The molecule has 0 aliphatic carbocycles. The first kappa shape index (κ1) is 15.2. The van der Waals surface area contributed by atoms with Gasteiger partial charge in [0.2, 0.25) is 17.7 Å². The van der Waals surface area contributed by atoms with Crippen molar-refractivity contribution in [2.75, 3.05) is 19.8 Å². The van der Waals surface area contributed by atoms with Crippen LogP contribution in [0, 0.1) is 0 Å². The van der Waals surface area contributed by atoms with Gasteiger partial charge in [-0.3, -0.25) is 19.3 Å². The fourth-order valence-electron chi connectivity index (χ4n) is 2.95. The molecule has 2 saturated heterocycles. The SMILES string of the molecule is O=C(CN1C(=O)CCC1=O)NC1(c2cccs2)CCOCC1. The number of carbonyl (C=O) groups excluding carboxylic acids is 3. The number of ether oxygens (including phenoxy) is 1. The standard InChI is InChI=1S/C15H18N2O4S/c18-12(10-17-13(19)3-4-14(17)20)16-15(5-7-21-8-6-15)11-2-1-9-22-11/h1-2,9H,3-8,10H2,(H,16,18). The molecule has 7 heteroatoms. The predicted octanol–water partition coefficient (Wildman–Crippen LogP) is 1.02. The number of rotatable bonds is 4. The van der Waals surface area contributed by atoms with Crippen molar-refractivity contribution in [2.24, 2.45) is 0 Å². The highest BCUT2D eigenvalue weighted by atomic mass is 32.1. The molecule has 0 aromatic carbocycles. The molecule has 0 spiro atoms. The first-order valence-corrected chi connectivity index (χ1v) is 8.25. The van der Waals surface area contributed by atoms with Gasteiger partial charge in [0.25, 0.3) is 0 Å². The van der Waals surface area contributed by atoms with Crippen molar-refractivity contribution < 1.29 is 19.1 Å². The van der Waals surface area contributed by atoms with Crippen LogP contribution in [0.2, 0.25) is 0 Å². The molecule has 2 aliphatic rings. The maximum absolute atomic E-state index is 12.4. The van der Waals surface area contributed by atoms with Gasteiger partial charge in [0.1, 0.15) is 6.54 Å². The Labute approximate surface area is 132 Å². The van der Waals surface area contributed by atoms with Crippen molar-refractivity contribution in [2.45, 2.75) is 31.2 Å². The highest BCUT2D eigenvalue weighted by molar-refractivity contribution is 7.10. The van der Waals surface area contributed by atoms with E-state index in [-0.39, 0.29) is 37.1 Å². The van der Waals surface area contributed by atoms with Gasteiger partial charge >= 0.3 is 0 Å². The summed E-state index contributed by atoms with van der Waals surface area (Å²) < 4.78 is 5.41. The number of thiophene rings is 1. The molecule has 0 bridgehead atoms. The Kier molecular flexibility index (Phi) is 4.26. The van der Waals surface area contributed by atoms with Gasteiger partial charge in [-0.2, -0.15) is 0 Å². The molecule has 0 atom stereocenters. The van der Waals surface area contributed by atoms with E-state index in [9.17, 15) is 14.4 Å². The van der Waals surface area contributed by atoms with E-state index in [1.54, 1.807) is 11.3 Å².